The van der Waals surface area contributed by atoms with Crippen LogP contribution in [0.3, 0.4) is 0 Å². The van der Waals surface area contributed by atoms with Crippen molar-refractivity contribution in [2.45, 2.75) is 23.8 Å². The maximum absolute atomic E-state index is 12.7. The summed E-state index contributed by atoms with van der Waals surface area (Å²) in [7, 11) is -4.19. The Morgan fingerprint density at radius 3 is 2.57 bits per heavy atom. The maximum atomic E-state index is 12.7. The molecule has 2 aromatic rings. The Morgan fingerprint density at radius 2 is 1.97 bits per heavy atom. The zero-order chi connectivity index (χ0) is 21.9. The maximum Gasteiger partial charge on any atom is 0.264 e. The molecule has 1 saturated heterocycles. The monoisotopic (exact) mass is 447 g/mol. The first-order valence-corrected chi connectivity index (χ1v) is 10.8. The van der Waals surface area contributed by atoms with Crippen LogP contribution >= 0.6 is 11.6 Å². The van der Waals surface area contributed by atoms with Crippen molar-refractivity contribution in [2.24, 2.45) is 0 Å². The lowest BCUT2D eigenvalue weighted by molar-refractivity contribution is -0.158. The van der Waals surface area contributed by atoms with Crippen molar-refractivity contribution in [3.63, 3.8) is 0 Å². The van der Waals surface area contributed by atoms with E-state index in [1.54, 1.807) is 24.3 Å². The van der Waals surface area contributed by atoms with E-state index in [2.05, 4.69) is 0 Å². The van der Waals surface area contributed by atoms with Crippen LogP contribution in [0.5, 0.6) is 5.75 Å². The largest absolute Gasteiger partial charge is 0.484 e. The number of hydrogen-bond acceptors (Lipinski definition) is 6. The second kappa shape index (κ2) is 8.34. The minimum atomic E-state index is -4.19. The van der Waals surface area contributed by atoms with Crippen LogP contribution in [-0.4, -0.2) is 43.8 Å². The van der Waals surface area contributed by atoms with Crippen LogP contribution in [0.2, 0.25) is 5.02 Å². The average molecular weight is 448 g/mol. The number of nitriles is 1. The quantitative estimate of drug-likeness (QED) is 0.724. The topological polar surface area (TPSA) is 117 Å². The highest BCUT2D eigenvalue weighted by Crippen LogP contribution is 2.31. The third-order valence-corrected chi connectivity index (χ3v) is 6.47. The molecule has 1 aliphatic rings. The highest BCUT2D eigenvalue weighted by Gasteiger charge is 2.50. The molecule has 10 heteroatoms. The molecule has 0 aromatic heterocycles. The van der Waals surface area contributed by atoms with Gasteiger partial charge in [-0.1, -0.05) is 17.7 Å². The van der Waals surface area contributed by atoms with Gasteiger partial charge in [0.1, 0.15) is 11.3 Å². The first-order valence-electron chi connectivity index (χ1n) is 8.92. The minimum absolute atomic E-state index is 0.149. The van der Waals surface area contributed by atoms with E-state index in [-0.39, 0.29) is 17.1 Å². The molecule has 156 valence electrons. The summed E-state index contributed by atoms with van der Waals surface area (Å²) in [5.74, 6) is -0.826. The van der Waals surface area contributed by atoms with Crippen molar-refractivity contribution in [2.75, 3.05) is 13.2 Å². The molecule has 1 unspecified atom stereocenters. The Morgan fingerprint density at radius 1 is 1.27 bits per heavy atom. The first-order chi connectivity index (χ1) is 14.2. The molecule has 2 aromatic carbocycles. The van der Waals surface area contributed by atoms with Crippen LogP contribution in [0.15, 0.2) is 53.4 Å². The van der Waals surface area contributed by atoms with Crippen molar-refractivity contribution in [3.05, 3.63) is 59.1 Å². The number of likely N-dealkylation sites (tertiary alicyclic amines) is 1. The van der Waals surface area contributed by atoms with Crippen molar-refractivity contribution in [1.82, 2.24) is 9.62 Å². The molecular formula is C20H18ClN3O5S. The summed E-state index contributed by atoms with van der Waals surface area (Å²) in [5, 5.41) is 9.46. The second-order valence-corrected chi connectivity index (χ2v) is 9.00. The number of nitrogens with one attached hydrogen (secondary N) is 1. The van der Waals surface area contributed by atoms with Crippen molar-refractivity contribution in [1.29, 1.82) is 5.26 Å². The van der Waals surface area contributed by atoms with E-state index in [9.17, 15) is 18.0 Å². The third-order valence-electron chi connectivity index (χ3n) is 4.88. The van der Waals surface area contributed by atoms with E-state index in [1.165, 1.54) is 36.1 Å². The molecule has 8 nitrogen and oxygen atoms in total. The fourth-order valence-electron chi connectivity index (χ4n) is 2.97. The summed E-state index contributed by atoms with van der Waals surface area (Å²) in [4.78, 5) is 26.3. The number of benzene rings is 2. The van der Waals surface area contributed by atoms with Gasteiger partial charge in [-0.15, -0.1) is 0 Å². The van der Waals surface area contributed by atoms with Gasteiger partial charge in [-0.3, -0.25) is 9.59 Å². The first kappa shape index (κ1) is 21.6. The molecule has 3 rings (SSSR count). The van der Waals surface area contributed by atoms with Crippen LogP contribution in [0.1, 0.15) is 18.9 Å². The zero-order valence-corrected chi connectivity index (χ0v) is 17.5. The summed E-state index contributed by atoms with van der Waals surface area (Å²) in [6.45, 7) is 1.49. The Kier molecular flexibility index (Phi) is 6.01. The van der Waals surface area contributed by atoms with Crippen LogP contribution in [0, 0.1) is 11.3 Å². The normalized spacial score (nSPS) is 18.1. The van der Waals surface area contributed by atoms with Gasteiger partial charge in [-0.05, 0) is 55.8 Å². The van der Waals surface area contributed by atoms with E-state index in [0.29, 0.717) is 23.7 Å². The number of carbonyl (C=O) groups is 2. The number of carbonyl (C=O) groups excluding carboxylic acids is 2. The summed E-state index contributed by atoms with van der Waals surface area (Å²) < 4.78 is 32.5. The van der Waals surface area contributed by atoms with Crippen LogP contribution < -0.4 is 9.46 Å². The fourth-order valence-corrected chi connectivity index (χ4v) is 4.22. The van der Waals surface area contributed by atoms with Gasteiger partial charge in [0.05, 0.1) is 16.5 Å². The smallest absolute Gasteiger partial charge is 0.264 e. The number of nitrogens with zero attached hydrogens (tertiary/aromatic N) is 2. The molecule has 1 N–H and O–H groups in total. The molecule has 30 heavy (non-hydrogen) atoms. The molecule has 1 heterocycles. The zero-order valence-electron chi connectivity index (χ0n) is 16.0. The molecule has 0 saturated carbocycles. The number of ether oxygens (including phenoxy) is 1. The standard InChI is InChI=1S/C20H18ClN3O5S/c1-20(19(26)23-30(27,28)17-4-2-3-14(11-17)12-22)9-10-24(20)18(25)13-29-16-7-5-15(21)6-8-16/h2-8,11H,9-10,13H2,1H3,(H,23,26). The summed E-state index contributed by atoms with van der Waals surface area (Å²) in [5.41, 5.74) is -1.17. The van der Waals surface area contributed by atoms with Gasteiger partial charge < -0.3 is 9.64 Å². The third kappa shape index (κ3) is 4.40. The Bertz CT molecular complexity index is 1130. The van der Waals surface area contributed by atoms with Crippen LogP contribution in [-0.2, 0) is 19.6 Å². The van der Waals surface area contributed by atoms with Crippen molar-refractivity contribution < 1.29 is 22.7 Å². The fraction of sp³-hybridized carbons (Fsp3) is 0.250. The number of halogens is 1. The average Bonchev–Trinajstić information content (AvgIpc) is 2.71. The van der Waals surface area contributed by atoms with Gasteiger partial charge in [-0.25, -0.2) is 13.1 Å². The van der Waals surface area contributed by atoms with Gasteiger partial charge in [0.15, 0.2) is 6.61 Å². The van der Waals surface area contributed by atoms with Gasteiger partial charge in [0.25, 0.3) is 21.8 Å². The predicted molar refractivity (Wildman–Crippen MR) is 108 cm³/mol. The van der Waals surface area contributed by atoms with Crippen molar-refractivity contribution >= 4 is 33.4 Å². The lowest BCUT2D eigenvalue weighted by Gasteiger charge is -2.48. The second-order valence-electron chi connectivity index (χ2n) is 6.89. The SMILES string of the molecule is CC1(C(=O)NS(=O)(=O)c2cccc(C#N)c2)CCN1C(=O)COc1ccc(Cl)cc1. The molecule has 1 atom stereocenters. The van der Waals surface area contributed by atoms with Crippen LogP contribution in [0.4, 0.5) is 0 Å². The minimum Gasteiger partial charge on any atom is -0.484 e. The summed E-state index contributed by atoms with van der Waals surface area (Å²) in [6.07, 6.45) is 0.305. The highest BCUT2D eigenvalue weighted by atomic mass is 35.5. The van der Waals surface area contributed by atoms with Gasteiger partial charge in [0, 0.05) is 11.6 Å². The highest BCUT2D eigenvalue weighted by molar-refractivity contribution is 7.90. The Balaban J connectivity index is 1.66. The van der Waals surface area contributed by atoms with E-state index < -0.39 is 27.4 Å². The van der Waals surface area contributed by atoms with E-state index in [4.69, 9.17) is 21.6 Å². The summed E-state index contributed by atoms with van der Waals surface area (Å²) in [6, 6.07) is 13.6. The molecule has 0 bridgehead atoms. The number of amides is 2. The molecule has 1 fully saturated rings. The van der Waals surface area contributed by atoms with Crippen LogP contribution in [0.25, 0.3) is 0 Å². The van der Waals surface area contributed by atoms with Gasteiger partial charge in [-0.2, -0.15) is 5.26 Å². The number of rotatable bonds is 6. The lowest BCUT2D eigenvalue weighted by Crippen LogP contribution is -2.68. The predicted octanol–water partition coefficient (Wildman–Crippen LogP) is 2.09. The van der Waals surface area contributed by atoms with Gasteiger partial charge >= 0.3 is 0 Å². The summed E-state index contributed by atoms with van der Waals surface area (Å²) >= 11 is 5.80. The van der Waals surface area contributed by atoms with E-state index >= 15 is 0 Å². The molecule has 0 aliphatic carbocycles. The van der Waals surface area contributed by atoms with Crippen molar-refractivity contribution in [3.8, 4) is 11.8 Å². The molecule has 0 spiro atoms. The molecule has 1 aliphatic heterocycles. The number of hydrogen-bond donors (Lipinski definition) is 1. The van der Waals surface area contributed by atoms with E-state index in [0.717, 1.165) is 0 Å². The molecule has 0 radical (unpaired) electrons. The van der Waals surface area contributed by atoms with E-state index in [1.807, 2.05) is 10.8 Å². The Hall–Kier alpha value is -3.09. The lowest BCUT2D eigenvalue weighted by atomic mass is 9.86. The number of sulfonamides is 1. The molecule has 2 amide bonds. The van der Waals surface area contributed by atoms with Gasteiger partial charge in [0.2, 0.25) is 0 Å². The molecular weight excluding hydrogens is 430 g/mol. The Labute approximate surface area is 179 Å².